The van der Waals surface area contributed by atoms with Gasteiger partial charge < -0.3 is 15.8 Å². The molecule has 0 bridgehead atoms. The van der Waals surface area contributed by atoms with Crippen molar-refractivity contribution in [3.8, 4) is 0 Å². The van der Waals surface area contributed by atoms with E-state index >= 15 is 0 Å². The summed E-state index contributed by atoms with van der Waals surface area (Å²) in [5.74, 6) is -1.61. The average Bonchev–Trinajstić information content (AvgIpc) is 2.30. The van der Waals surface area contributed by atoms with Gasteiger partial charge in [-0.05, 0) is 18.2 Å². The zero-order chi connectivity index (χ0) is 12.8. The second-order valence-electron chi connectivity index (χ2n) is 3.52. The van der Waals surface area contributed by atoms with E-state index in [2.05, 4.69) is 5.32 Å². The lowest BCUT2D eigenvalue weighted by Gasteiger charge is -2.11. The van der Waals surface area contributed by atoms with E-state index in [-0.39, 0.29) is 18.7 Å². The van der Waals surface area contributed by atoms with Gasteiger partial charge >= 0.3 is 0 Å². The molecule has 1 rings (SSSR count). The molecule has 0 fully saturated rings. The molecule has 94 valence electrons. The first-order valence-corrected chi connectivity index (χ1v) is 5.00. The van der Waals surface area contributed by atoms with Crippen molar-refractivity contribution in [3.05, 3.63) is 35.4 Å². The highest BCUT2D eigenvalue weighted by Gasteiger charge is 2.13. The first-order valence-electron chi connectivity index (χ1n) is 5.00. The standard InChI is InChI=1S/C11H14F2N2O2/c1-17-6-10(14)11(16)15-5-7-4-8(12)2-3-9(7)13/h2-4,10H,5-6,14H2,1H3,(H,15,16). The van der Waals surface area contributed by atoms with Gasteiger partial charge in [0, 0.05) is 19.2 Å². The number of hydrogen-bond donors (Lipinski definition) is 2. The quantitative estimate of drug-likeness (QED) is 0.795. The van der Waals surface area contributed by atoms with E-state index in [0.717, 1.165) is 18.2 Å². The minimum atomic E-state index is -0.823. The Kier molecular flexibility index (Phi) is 4.99. The molecule has 0 heterocycles. The smallest absolute Gasteiger partial charge is 0.239 e. The third-order valence-corrected chi connectivity index (χ3v) is 2.14. The normalized spacial score (nSPS) is 12.2. The summed E-state index contributed by atoms with van der Waals surface area (Å²) in [6.45, 7) is -0.0443. The predicted molar refractivity (Wildman–Crippen MR) is 58.1 cm³/mol. The van der Waals surface area contributed by atoms with Gasteiger partial charge in [0.25, 0.3) is 0 Å². The van der Waals surface area contributed by atoms with E-state index in [1.54, 1.807) is 0 Å². The Labute approximate surface area is 97.8 Å². The minimum Gasteiger partial charge on any atom is -0.383 e. The van der Waals surface area contributed by atoms with Crippen molar-refractivity contribution in [1.29, 1.82) is 0 Å². The molecule has 0 saturated carbocycles. The molecule has 1 amide bonds. The molecular weight excluding hydrogens is 230 g/mol. The minimum absolute atomic E-state index is 0.0669. The fourth-order valence-corrected chi connectivity index (χ4v) is 1.25. The third kappa shape index (κ3) is 4.08. The molecule has 0 saturated heterocycles. The summed E-state index contributed by atoms with van der Waals surface area (Å²) in [6.07, 6.45) is 0. The summed E-state index contributed by atoms with van der Waals surface area (Å²) in [5, 5.41) is 2.40. The molecule has 0 aliphatic carbocycles. The van der Waals surface area contributed by atoms with Gasteiger partial charge in [0.15, 0.2) is 0 Å². The fourth-order valence-electron chi connectivity index (χ4n) is 1.25. The number of halogens is 2. The van der Waals surface area contributed by atoms with Gasteiger partial charge in [0.05, 0.1) is 6.61 Å². The number of nitrogens with one attached hydrogen (secondary N) is 1. The summed E-state index contributed by atoms with van der Waals surface area (Å²) < 4.78 is 30.7. The maximum Gasteiger partial charge on any atom is 0.239 e. The van der Waals surface area contributed by atoms with E-state index in [9.17, 15) is 13.6 Å². The number of benzene rings is 1. The van der Waals surface area contributed by atoms with Crippen molar-refractivity contribution in [2.45, 2.75) is 12.6 Å². The number of carbonyl (C=O) groups is 1. The highest BCUT2D eigenvalue weighted by molar-refractivity contribution is 5.81. The molecule has 1 aromatic carbocycles. The number of hydrogen-bond acceptors (Lipinski definition) is 3. The average molecular weight is 244 g/mol. The molecule has 0 aromatic heterocycles. The molecule has 17 heavy (non-hydrogen) atoms. The summed E-state index contributed by atoms with van der Waals surface area (Å²) in [7, 11) is 1.42. The second kappa shape index (κ2) is 6.27. The van der Waals surface area contributed by atoms with Crippen LogP contribution in [0.15, 0.2) is 18.2 Å². The van der Waals surface area contributed by atoms with E-state index in [0.29, 0.717) is 0 Å². The zero-order valence-electron chi connectivity index (χ0n) is 9.37. The Hall–Kier alpha value is -1.53. The Balaban J connectivity index is 2.55. The number of methoxy groups -OCH3 is 1. The molecule has 1 atom stereocenters. The van der Waals surface area contributed by atoms with Crippen molar-refractivity contribution >= 4 is 5.91 Å². The van der Waals surface area contributed by atoms with Crippen LogP contribution in [-0.4, -0.2) is 25.7 Å². The van der Waals surface area contributed by atoms with Gasteiger partial charge in [-0.15, -0.1) is 0 Å². The predicted octanol–water partition coefficient (Wildman–Crippen LogP) is 0.555. The summed E-state index contributed by atoms with van der Waals surface area (Å²) in [6, 6.07) is 2.22. The van der Waals surface area contributed by atoms with Crippen molar-refractivity contribution in [3.63, 3.8) is 0 Å². The topological polar surface area (TPSA) is 64.3 Å². The van der Waals surface area contributed by atoms with Gasteiger partial charge in [-0.3, -0.25) is 4.79 Å². The van der Waals surface area contributed by atoms with E-state index < -0.39 is 23.6 Å². The largest absolute Gasteiger partial charge is 0.383 e. The highest BCUT2D eigenvalue weighted by atomic mass is 19.1. The van der Waals surface area contributed by atoms with Crippen LogP contribution >= 0.6 is 0 Å². The molecule has 0 aliphatic rings. The lowest BCUT2D eigenvalue weighted by Crippen LogP contribution is -2.43. The molecule has 1 unspecified atom stereocenters. The molecular formula is C11H14F2N2O2. The zero-order valence-corrected chi connectivity index (χ0v) is 9.37. The van der Waals surface area contributed by atoms with Crippen molar-refractivity contribution in [2.75, 3.05) is 13.7 Å². The van der Waals surface area contributed by atoms with Crippen LogP contribution in [0.5, 0.6) is 0 Å². The number of carbonyl (C=O) groups excluding carboxylic acids is 1. The molecule has 0 aliphatic heterocycles. The van der Waals surface area contributed by atoms with E-state index in [1.165, 1.54) is 7.11 Å². The first kappa shape index (κ1) is 13.5. The monoisotopic (exact) mass is 244 g/mol. The Morgan fingerprint density at radius 2 is 2.24 bits per heavy atom. The second-order valence-corrected chi connectivity index (χ2v) is 3.52. The van der Waals surface area contributed by atoms with Gasteiger partial charge in [-0.1, -0.05) is 0 Å². The van der Waals surface area contributed by atoms with E-state index in [4.69, 9.17) is 10.5 Å². The maximum absolute atomic E-state index is 13.2. The van der Waals surface area contributed by atoms with Crippen LogP contribution in [0.25, 0.3) is 0 Å². The fraction of sp³-hybridized carbons (Fsp3) is 0.364. The lowest BCUT2D eigenvalue weighted by atomic mass is 10.2. The van der Waals surface area contributed by atoms with Crippen molar-refractivity contribution < 1.29 is 18.3 Å². The number of rotatable bonds is 5. The van der Waals surface area contributed by atoms with E-state index in [1.807, 2.05) is 0 Å². The SMILES string of the molecule is COCC(N)C(=O)NCc1cc(F)ccc1F. The Bertz CT molecular complexity index is 399. The molecule has 3 N–H and O–H groups in total. The summed E-state index contributed by atoms with van der Waals surface area (Å²) >= 11 is 0. The molecule has 0 spiro atoms. The van der Waals surface area contributed by atoms with Crippen LogP contribution in [0, 0.1) is 11.6 Å². The maximum atomic E-state index is 13.2. The lowest BCUT2D eigenvalue weighted by molar-refractivity contribution is -0.123. The van der Waals surface area contributed by atoms with Crippen LogP contribution in [-0.2, 0) is 16.1 Å². The van der Waals surface area contributed by atoms with Crippen LogP contribution < -0.4 is 11.1 Å². The number of amides is 1. The van der Waals surface area contributed by atoms with Gasteiger partial charge in [-0.2, -0.15) is 0 Å². The molecule has 0 radical (unpaired) electrons. The first-order chi connectivity index (χ1) is 8.04. The molecule has 1 aromatic rings. The van der Waals surface area contributed by atoms with Crippen LogP contribution in [0.3, 0.4) is 0 Å². The van der Waals surface area contributed by atoms with Gasteiger partial charge in [0.1, 0.15) is 17.7 Å². The van der Waals surface area contributed by atoms with Crippen molar-refractivity contribution in [2.24, 2.45) is 5.73 Å². The van der Waals surface area contributed by atoms with Crippen LogP contribution in [0.2, 0.25) is 0 Å². The number of ether oxygens (including phenoxy) is 1. The Morgan fingerprint density at radius 1 is 1.53 bits per heavy atom. The number of nitrogens with two attached hydrogens (primary N) is 1. The Morgan fingerprint density at radius 3 is 2.88 bits per heavy atom. The van der Waals surface area contributed by atoms with Gasteiger partial charge in [-0.25, -0.2) is 8.78 Å². The molecule has 6 heteroatoms. The highest BCUT2D eigenvalue weighted by Crippen LogP contribution is 2.09. The molecule has 4 nitrogen and oxygen atoms in total. The summed E-state index contributed by atoms with van der Waals surface area (Å²) in [4.78, 5) is 11.4. The van der Waals surface area contributed by atoms with Crippen molar-refractivity contribution in [1.82, 2.24) is 5.32 Å². The summed E-state index contributed by atoms with van der Waals surface area (Å²) in [5.41, 5.74) is 5.53. The van der Waals surface area contributed by atoms with Crippen LogP contribution in [0.1, 0.15) is 5.56 Å². The van der Waals surface area contributed by atoms with Gasteiger partial charge in [0.2, 0.25) is 5.91 Å². The van der Waals surface area contributed by atoms with Crippen LogP contribution in [0.4, 0.5) is 8.78 Å². The third-order valence-electron chi connectivity index (χ3n) is 2.14.